The molecule has 2 unspecified atom stereocenters. The van der Waals surface area contributed by atoms with Crippen LogP contribution < -0.4 is 15.8 Å². The number of hydrogen-bond donors (Lipinski definition) is 1. The lowest BCUT2D eigenvalue weighted by Gasteiger charge is -2.30. The van der Waals surface area contributed by atoms with E-state index in [-0.39, 0.29) is 47.1 Å². The number of fused-ring (bicyclic) bond motifs is 1. The maximum absolute atomic E-state index is 15.4. The maximum atomic E-state index is 15.4. The topological polar surface area (TPSA) is 117 Å². The lowest BCUT2D eigenvalue weighted by Crippen LogP contribution is -2.41. The molecule has 1 N–H and O–H groups in total. The van der Waals surface area contributed by atoms with Crippen LogP contribution in [0.4, 0.5) is 14.5 Å². The molecule has 3 heterocycles. The van der Waals surface area contributed by atoms with Crippen LogP contribution >= 0.6 is 0 Å². The van der Waals surface area contributed by atoms with Crippen LogP contribution in [0, 0.1) is 18.6 Å². The number of aryl methyl sites for hydroxylation is 1. The highest BCUT2D eigenvalue weighted by Crippen LogP contribution is 2.29. The van der Waals surface area contributed by atoms with Gasteiger partial charge in [0.2, 0.25) is 0 Å². The monoisotopic (exact) mass is 542 g/mol. The zero-order valence-electron chi connectivity index (χ0n) is 20.1. The van der Waals surface area contributed by atoms with Gasteiger partial charge in [-0.1, -0.05) is 12.1 Å². The van der Waals surface area contributed by atoms with Gasteiger partial charge in [0.25, 0.3) is 5.88 Å². The lowest BCUT2D eigenvalue weighted by molar-refractivity contribution is 0.180. The van der Waals surface area contributed by atoms with Gasteiger partial charge < -0.3 is 23.9 Å². The Hall–Kier alpha value is -3.71. The summed E-state index contributed by atoms with van der Waals surface area (Å²) < 4.78 is 69.9. The minimum Gasteiger partial charge on any atom is -0.758 e. The lowest BCUT2D eigenvalue weighted by atomic mass is 9.99. The second kappa shape index (κ2) is 11.0. The summed E-state index contributed by atoms with van der Waals surface area (Å²) in [7, 11) is 0. The SMILES string of the molecule is Cc1c(Cc2cccc(NN(C3CCOC3)S(=O)[O-])c2F)c(=O)oc2cc(Oc3ncccc3F)ccc12. The highest BCUT2D eigenvalue weighted by molar-refractivity contribution is 7.76. The van der Waals surface area contributed by atoms with Gasteiger partial charge in [-0.15, -0.1) is 4.41 Å². The van der Waals surface area contributed by atoms with E-state index in [9.17, 15) is 17.9 Å². The van der Waals surface area contributed by atoms with E-state index in [1.54, 1.807) is 25.1 Å². The first kappa shape index (κ1) is 25.9. The number of nitrogens with one attached hydrogen (secondary N) is 1. The first-order valence-corrected chi connectivity index (χ1v) is 12.7. The van der Waals surface area contributed by atoms with Gasteiger partial charge in [-0.25, -0.2) is 18.6 Å². The second-order valence-electron chi connectivity index (χ2n) is 8.67. The Morgan fingerprint density at radius 2 is 2.08 bits per heavy atom. The Morgan fingerprint density at radius 1 is 1.24 bits per heavy atom. The van der Waals surface area contributed by atoms with Crippen LogP contribution in [0.25, 0.3) is 11.0 Å². The average Bonchev–Trinajstić information content (AvgIpc) is 3.42. The van der Waals surface area contributed by atoms with Crippen LogP contribution in [0.5, 0.6) is 11.6 Å². The Bertz CT molecular complexity index is 1570. The Morgan fingerprint density at radius 3 is 2.82 bits per heavy atom. The molecule has 1 aliphatic heterocycles. The van der Waals surface area contributed by atoms with Gasteiger partial charge in [0, 0.05) is 47.5 Å². The molecule has 12 heteroatoms. The summed E-state index contributed by atoms with van der Waals surface area (Å²) in [5.41, 5.74) is 3.12. The number of hydrogen-bond acceptors (Lipinski definition) is 8. The number of hydrazine groups is 1. The Kier molecular flexibility index (Phi) is 7.47. The molecule has 1 fully saturated rings. The second-order valence-corrected chi connectivity index (χ2v) is 9.50. The van der Waals surface area contributed by atoms with Crippen molar-refractivity contribution in [3.05, 3.63) is 93.5 Å². The molecule has 2 aromatic heterocycles. The summed E-state index contributed by atoms with van der Waals surface area (Å²) >= 11 is -2.66. The first-order chi connectivity index (χ1) is 18.3. The van der Waals surface area contributed by atoms with Gasteiger partial charge >= 0.3 is 5.63 Å². The number of pyridine rings is 1. The molecule has 0 radical (unpaired) electrons. The van der Waals surface area contributed by atoms with Crippen molar-refractivity contribution in [1.29, 1.82) is 0 Å². The summed E-state index contributed by atoms with van der Waals surface area (Å²) in [5.74, 6) is -1.32. The Labute approximate surface area is 218 Å². The van der Waals surface area contributed by atoms with Crippen molar-refractivity contribution < 1.29 is 31.4 Å². The van der Waals surface area contributed by atoms with E-state index >= 15 is 4.39 Å². The van der Waals surface area contributed by atoms with E-state index < -0.39 is 34.6 Å². The molecule has 2 atom stereocenters. The number of rotatable bonds is 8. The normalized spacial score (nSPS) is 16.2. The van der Waals surface area contributed by atoms with Gasteiger partial charge in [0.1, 0.15) is 11.3 Å². The maximum Gasteiger partial charge on any atom is 0.340 e. The van der Waals surface area contributed by atoms with Gasteiger partial charge in [-0.2, -0.15) is 0 Å². The molecule has 5 rings (SSSR count). The largest absolute Gasteiger partial charge is 0.758 e. The van der Waals surface area contributed by atoms with Crippen molar-refractivity contribution in [3.63, 3.8) is 0 Å². The minimum atomic E-state index is -2.66. The van der Waals surface area contributed by atoms with Crippen LogP contribution in [0.3, 0.4) is 0 Å². The standard InChI is InChI=1S/C26H23F2N3O6S/c1-15-19-8-7-18(36-25-21(27)5-3-10-29-25)13-23(19)37-26(32)20(15)12-16-4-2-6-22(24(16)28)30-31(38(33)34)17-9-11-35-14-17/h2-8,10,13,17,30H,9,11-12,14H2,1H3,(H,33,34)/p-1. The molecule has 9 nitrogen and oxygen atoms in total. The predicted octanol–water partition coefficient (Wildman–Crippen LogP) is 4.37. The van der Waals surface area contributed by atoms with Gasteiger partial charge in [-0.05, 0) is 54.8 Å². The van der Waals surface area contributed by atoms with Crippen LogP contribution in [-0.4, -0.2) is 37.4 Å². The van der Waals surface area contributed by atoms with E-state index in [0.29, 0.717) is 24.0 Å². The van der Waals surface area contributed by atoms with Crippen LogP contribution in [0.15, 0.2) is 63.9 Å². The van der Waals surface area contributed by atoms with Crippen molar-refractivity contribution >= 4 is 27.9 Å². The van der Waals surface area contributed by atoms with Gasteiger partial charge in [0.15, 0.2) is 11.6 Å². The quantitative estimate of drug-likeness (QED) is 0.198. The van der Waals surface area contributed by atoms with E-state index in [2.05, 4.69) is 10.4 Å². The van der Waals surface area contributed by atoms with Crippen molar-refractivity contribution in [2.75, 3.05) is 18.6 Å². The number of benzene rings is 2. The summed E-state index contributed by atoms with van der Waals surface area (Å²) in [5, 5.41) is 0.595. The molecule has 1 aliphatic rings. The minimum absolute atomic E-state index is 0.0509. The van der Waals surface area contributed by atoms with Crippen molar-refractivity contribution in [2.24, 2.45) is 0 Å². The predicted molar refractivity (Wildman–Crippen MR) is 134 cm³/mol. The molecule has 198 valence electrons. The summed E-state index contributed by atoms with van der Waals surface area (Å²) in [6.07, 6.45) is 1.78. The molecular weight excluding hydrogens is 520 g/mol. The van der Waals surface area contributed by atoms with E-state index in [0.717, 1.165) is 4.41 Å². The highest BCUT2D eigenvalue weighted by atomic mass is 32.2. The van der Waals surface area contributed by atoms with Crippen molar-refractivity contribution in [1.82, 2.24) is 9.40 Å². The molecule has 1 saturated heterocycles. The molecule has 2 aromatic carbocycles. The first-order valence-electron chi connectivity index (χ1n) is 11.7. The molecular formula is C26H22F2N3O6S-. The van der Waals surface area contributed by atoms with E-state index in [1.165, 1.54) is 36.5 Å². The third-order valence-corrected chi connectivity index (χ3v) is 6.98. The number of aromatic nitrogens is 1. The summed E-state index contributed by atoms with van der Waals surface area (Å²) in [4.78, 5) is 16.7. The number of halogens is 2. The average molecular weight is 543 g/mol. The van der Waals surface area contributed by atoms with Gasteiger partial charge in [-0.3, -0.25) is 4.21 Å². The Balaban J connectivity index is 1.42. The van der Waals surface area contributed by atoms with Crippen LogP contribution in [0.2, 0.25) is 0 Å². The van der Waals surface area contributed by atoms with Crippen LogP contribution in [-0.2, 0) is 22.4 Å². The zero-order chi connectivity index (χ0) is 26.8. The van der Waals surface area contributed by atoms with E-state index in [1.807, 2.05) is 0 Å². The van der Waals surface area contributed by atoms with Crippen molar-refractivity contribution in [2.45, 2.75) is 25.8 Å². The number of ether oxygens (including phenoxy) is 2. The van der Waals surface area contributed by atoms with Crippen molar-refractivity contribution in [3.8, 4) is 11.6 Å². The molecule has 0 saturated carbocycles. The zero-order valence-corrected chi connectivity index (χ0v) is 20.9. The van der Waals surface area contributed by atoms with Crippen LogP contribution in [0.1, 0.15) is 23.1 Å². The fraction of sp³-hybridized carbons (Fsp3) is 0.231. The third kappa shape index (κ3) is 5.29. The van der Waals surface area contributed by atoms with Gasteiger partial charge in [0.05, 0.1) is 18.3 Å². The molecule has 4 aromatic rings. The molecule has 0 bridgehead atoms. The molecule has 38 heavy (non-hydrogen) atoms. The highest BCUT2D eigenvalue weighted by Gasteiger charge is 2.26. The number of anilines is 1. The number of nitrogens with zero attached hydrogens (tertiary/aromatic N) is 2. The fourth-order valence-corrected chi connectivity index (χ4v) is 4.85. The molecule has 0 amide bonds. The summed E-state index contributed by atoms with van der Waals surface area (Å²) in [6, 6.07) is 11.4. The fourth-order valence-electron chi connectivity index (χ4n) is 4.27. The third-order valence-electron chi connectivity index (χ3n) is 6.27. The summed E-state index contributed by atoms with van der Waals surface area (Å²) in [6.45, 7) is 2.33. The smallest absolute Gasteiger partial charge is 0.340 e. The molecule has 0 spiro atoms. The molecule has 0 aliphatic carbocycles. The van der Waals surface area contributed by atoms with E-state index in [4.69, 9.17) is 13.9 Å².